The van der Waals surface area contributed by atoms with Gasteiger partial charge in [-0.15, -0.1) is 11.3 Å². The van der Waals surface area contributed by atoms with Crippen molar-refractivity contribution >= 4 is 55.5 Å². The van der Waals surface area contributed by atoms with E-state index in [4.69, 9.17) is 11.6 Å². The highest BCUT2D eigenvalue weighted by atomic mass is 35.5. The van der Waals surface area contributed by atoms with Crippen molar-refractivity contribution in [1.29, 1.82) is 0 Å². The zero-order chi connectivity index (χ0) is 22.8. The molecule has 1 heterocycles. The standard InChI is InChI=1S/C21H20ClN3O4S2/c1-12-13(2)30-21(18(12)20(27)23-3)24-19(26)14-4-8-16(9-5-14)25-31(28,29)17-10-6-15(22)7-11-17/h4-11,25H,1-3H3,(H,23,27)(H,24,26). The summed E-state index contributed by atoms with van der Waals surface area (Å²) in [6.07, 6.45) is 0. The summed E-state index contributed by atoms with van der Waals surface area (Å²) >= 11 is 7.12. The first kappa shape index (κ1) is 22.8. The van der Waals surface area contributed by atoms with Gasteiger partial charge in [0.05, 0.1) is 10.5 Å². The van der Waals surface area contributed by atoms with Crippen LogP contribution < -0.4 is 15.4 Å². The van der Waals surface area contributed by atoms with Crippen LogP contribution in [0.15, 0.2) is 53.4 Å². The molecule has 2 amide bonds. The molecule has 0 saturated heterocycles. The topological polar surface area (TPSA) is 104 Å². The van der Waals surface area contributed by atoms with E-state index in [1.165, 1.54) is 66.9 Å². The quantitative estimate of drug-likeness (QED) is 0.488. The number of hydrogen-bond donors (Lipinski definition) is 3. The number of halogens is 1. The lowest BCUT2D eigenvalue weighted by atomic mass is 10.1. The molecule has 10 heteroatoms. The third-order valence-corrected chi connectivity index (χ3v) is 7.36. The van der Waals surface area contributed by atoms with Gasteiger partial charge in [0.1, 0.15) is 5.00 Å². The molecule has 0 atom stereocenters. The molecule has 0 spiro atoms. The number of anilines is 2. The van der Waals surface area contributed by atoms with Gasteiger partial charge in [0.2, 0.25) is 0 Å². The summed E-state index contributed by atoms with van der Waals surface area (Å²) in [4.78, 5) is 25.8. The predicted molar refractivity (Wildman–Crippen MR) is 124 cm³/mol. The third-order valence-electron chi connectivity index (χ3n) is 4.59. The Kier molecular flexibility index (Phi) is 6.68. The molecule has 162 valence electrons. The van der Waals surface area contributed by atoms with E-state index in [1.807, 2.05) is 13.8 Å². The van der Waals surface area contributed by atoms with Crippen molar-refractivity contribution in [2.24, 2.45) is 0 Å². The van der Waals surface area contributed by atoms with E-state index in [2.05, 4.69) is 15.4 Å². The zero-order valence-electron chi connectivity index (χ0n) is 16.9. The molecule has 0 radical (unpaired) electrons. The van der Waals surface area contributed by atoms with Crippen LogP contribution >= 0.6 is 22.9 Å². The summed E-state index contributed by atoms with van der Waals surface area (Å²) in [6, 6.07) is 11.8. The molecular formula is C21H20ClN3O4S2. The Bertz CT molecular complexity index is 1230. The highest BCUT2D eigenvalue weighted by molar-refractivity contribution is 7.92. The minimum Gasteiger partial charge on any atom is -0.355 e. The van der Waals surface area contributed by atoms with Crippen LogP contribution in [-0.2, 0) is 10.0 Å². The molecule has 0 saturated carbocycles. The van der Waals surface area contributed by atoms with Crippen molar-refractivity contribution in [1.82, 2.24) is 5.32 Å². The predicted octanol–water partition coefficient (Wildman–Crippen LogP) is 4.43. The van der Waals surface area contributed by atoms with Gasteiger partial charge in [-0.25, -0.2) is 8.42 Å². The lowest BCUT2D eigenvalue weighted by Crippen LogP contribution is -2.21. The summed E-state index contributed by atoms with van der Waals surface area (Å²) < 4.78 is 27.4. The molecule has 0 aliphatic rings. The summed E-state index contributed by atoms with van der Waals surface area (Å²) in [7, 11) is -2.25. The lowest BCUT2D eigenvalue weighted by Gasteiger charge is -2.10. The van der Waals surface area contributed by atoms with E-state index in [9.17, 15) is 18.0 Å². The summed E-state index contributed by atoms with van der Waals surface area (Å²) in [5.41, 5.74) is 1.87. The number of nitrogens with one attached hydrogen (secondary N) is 3. The molecule has 0 aliphatic heterocycles. The summed E-state index contributed by atoms with van der Waals surface area (Å²) in [5, 5.41) is 6.25. The van der Waals surface area contributed by atoms with E-state index < -0.39 is 15.9 Å². The van der Waals surface area contributed by atoms with E-state index in [-0.39, 0.29) is 10.8 Å². The van der Waals surface area contributed by atoms with Crippen LogP contribution in [0, 0.1) is 13.8 Å². The van der Waals surface area contributed by atoms with Crippen LogP contribution in [0.1, 0.15) is 31.2 Å². The Morgan fingerprint density at radius 3 is 2.13 bits per heavy atom. The van der Waals surface area contributed by atoms with Gasteiger partial charge >= 0.3 is 0 Å². The van der Waals surface area contributed by atoms with Crippen LogP contribution in [0.3, 0.4) is 0 Å². The fourth-order valence-electron chi connectivity index (χ4n) is 2.81. The van der Waals surface area contributed by atoms with E-state index in [1.54, 1.807) is 0 Å². The Morgan fingerprint density at radius 1 is 0.935 bits per heavy atom. The number of benzene rings is 2. The molecular weight excluding hydrogens is 458 g/mol. The van der Waals surface area contributed by atoms with Gasteiger partial charge in [0, 0.05) is 28.2 Å². The highest BCUT2D eigenvalue weighted by Gasteiger charge is 2.21. The average molecular weight is 478 g/mol. The second-order valence-electron chi connectivity index (χ2n) is 6.66. The van der Waals surface area contributed by atoms with Crippen molar-refractivity contribution < 1.29 is 18.0 Å². The van der Waals surface area contributed by atoms with Crippen molar-refractivity contribution in [3.8, 4) is 0 Å². The first-order valence-corrected chi connectivity index (χ1v) is 11.8. The maximum Gasteiger partial charge on any atom is 0.261 e. The number of carbonyl (C=O) groups is 2. The normalized spacial score (nSPS) is 11.1. The molecule has 3 N–H and O–H groups in total. The molecule has 31 heavy (non-hydrogen) atoms. The fraction of sp³-hybridized carbons (Fsp3) is 0.143. The summed E-state index contributed by atoms with van der Waals surface area (Å²) in [5.74, 6) is -0.678. The molecule has 7 nitrogen and oxygen atoms in total. The molecule has 0 aliphatic carbocycles. The maximum atomic E-state index is 12.7. The van der Waals surface area contributed by atoms with Gasteiger partial charge < -0.3 is 10.6 Å². The van der Waals surface area contributed by atoms with E-state index in [0.29, 0.717) is 26.8 Å². The number of amides is 2. The Balaban J connectivity index is 1.76. The largest absolute Gasteiger partial charge is 0.355 e. The van der Waals surface area contributed by atoms with Gasteiger partial charge in [0.15, 0.2) is 0 Å². The number of sulfonamides is 1. The van der Waals surface area contributed by atoms with Gasteiger partial charge in [-0.2, -0.15) is 0 Å². The average Bonchev–Trinajstić information content (AvgIpc) is 3.01. The number of carbonyl (C=O) groups excluding carboxylic acids is 2. The van der Waals surface area contributed by atoms with Gasteiger partial charge in [0.25, 0.3) is 21.8 Å². The second-order valence-corrected chi connectivity index (χ2v) is 10.0. The van der Waals surface area contributed by atoms with E-state index >= 15 is 0 Å². The minimum absolute atomic E-state index is 0.0730. The van der Waals surface area contributed by atoms with Gasteiger partial charge in [-0.05, 0) is 67.9 Å². The molecule has 0 bridgehead atoms. The Hall–Kier alpha value is -2.88. The van der Waals surface area contributed by atoms with Crippen molar-refractivity contribution in [3.05, 3.63) is 75.1 Å². The smallest absolute Gasteiger partial charge is 0.261 e. The summed E-state index contributed by atoms with van der Waals surface area (Å²) in [6.45, 7) is 3.71. The molecule has 3 rings (SSSR count). The molecule has 0 fully saturated rings. The molecule has 1 aromatic heterocycles. The Morgan fingerprint density at radius 2 is 1.55 bits per heavy atom. The first-order chi connectivity index (χ1) is 14.6. The van der Waals surface area contributed by atoms with Crippen LogP contribution in [0.2, 0.25) is 5.02 Å². The van der Waals surface area contributed by atoms with Crippen LogP contribution in [0.4, 0.5) is 10.7 Å². The van der Waals surface area contributed by atoms with Gasteiger partial charge in [-0.1, -0.05) is 11.6 Å². The molecule has 3 aromatic rings. The first-order valence-electron chi connectivity index (χ1n) is 9.14. The van der Waals surface area contributed by atoms with E-state index in [0.717, 1.165) is 10.4 Å². The fourth-order valence-corrected chi connectivity index (χ4v) is 5.04. The number of aryl methyl sites for hydroxylation is 1. The van der Waals surface area contributed by atoms with Crippen molar-refractivity contribution in [2.75, 3.05) is 17.1 Å². The Labute approximate surface area is 189 Å². The number of thiophene rings is 1. The van der Waals surface area contributed by atoms with Crippen molar-refractivity contribution in [3.63, 3.8) is 0 Å². The van der Waals surface area contributed by atoms with Crippen LogP contribution in [0.5, 0.6) is 0 Å². The molecule has 2 aromatic carbocycles. The monoisotopic (exact) mass is 477 g/mol. The highest BCUT2D eigenvalue weighted by Crippen LogP contribution is 2.32. The maximum absolute atomic E-state index is 12.7. The van der Waals surface area contributed by atoms with Gasteiger partial charge in [-0.3, -0.25) is 14.3 Å². The third kappa shape index (κ3) is 5.07. The van der Waals surface area contributed by atoms with Crippen molar-refractivity contribution in [2.45, 2.75) is 18.7 Å². The number of rotatable bonds is 6. The molecule has 0 unspecified atom stereocenters. The number of hydrogen-bond acceptors (Lipinski definition) is 5. The zero-order valence-corrected chi connectivity index (χ0v) is 19.3. The SMILES string of the molecule is CNC(=O)c1c(NC(=O)c2ccc(NS(=O)(=O)c3ccc(Cl)cc3)cc2)sc(C)c1C. The minimum atomic E-state index is -3.78. The second kappa shape index (κ2) is 9.09. The van der Waals surface area contributed by atoms with Crippen LogP contribution in [0.25, 0.3) is 0 Å². The lowest BCUT2D eigenvalue weighted by molar-refractivity contribution is 0.0963. The van der Waals surface area contributed by atoms with Crippen LogP contribution in [-0.4, -0.2) is 27.3 Å².